The van der Waals surface area contributed by atoms with Crippen molar-refractivity contribution in [1.29, 1.82) is 0 Å². The number of carbonyl (C=O) groups is 2. The van der Waals surface area contributed by atoms with E-state index in [-0.39, 0.29) is 54.4 Å². The molecule has 0 spiro atoms. The maximum Gasteiger partial charge on any atom is 0.243 e. The molecule has 7 nitrogen and oxygen atoms in total. The molecule has 0 radical (unpaired) electrons. The number of nitrogens with one attached hydrogen (secondary N) is 2. The van der Waals surface area contributed by atoms with Gasteiger partial charge in [-0.1, -0.05) is 0 Å². The summed E-state index contributed by atoms with van der Waals surface area (Å²) in [6.07, 6.45) is 1.78. The average Bonchev–Trinajstić information content (AvgIpc) is 2.44. The van der Waals surface area contributed by atoms with E-state index in [9.17, 15) is 9.59 Å². The van der Waals surface area contributed by atoms with Gasteiger partial charge in [-0.15, -0.1) is 24.0 Å². The molecule has 0 aromatic carbocycles. The van der Waals surface area contributed by atoms with Crippen LogP contribution in [0.1, 0.15) is 33.6 Å². The van der Waals surface area contributed by atoms with Crippen LogP contribution in [-0.2, 0) is 9.59 Å². The number of aliphatic imine (C=N–C) groups is 1. The number of halogens is 1. The zero-order chi connectivity index (χ0) is 16.7. The standard InChI is InChI=1S/C15H29N5O2.HI/c1-11(2)17-15(16-10-14(22)19(4)5)18-13-6-8-20(9-7-13)12(3)21;/h11,13H,6-10H2,1-5H3,(H2,16,17,18);1H. The second-order valence-corrected chi connectivity index (χ2v) is 6.18. The number of carbonyl (C=O) groups excluding carboxylic acids is 2. The fourth-order valence-corrected chi connectivity index (χ4v) is 2.23. The Labute approximate surface area is 156 Å². The maximum absolute atomic E-state index is 11.7. The zero-order valence-corrected chi connectivity index (χ0v) is 17.1. The number of rotatable bonds is 4. The van der Waals surface area contributed by atoms with Crippen LogP contribution in [-0.4, -0.2) is 73.4 Å². The Morgan fingerprint density at radius 2 is 1.83 bits per heavy atom. The molecule has 1 heterocycles. The van der Waals surface area contributed by atoms with Crippen LogP contribution in [0.15, 0.2) is 4.99 Å². The number of hydrogen-bond donors (Lipinski definition) is 2. The number of amides is 2. The molecule has 2 N–H and O–H groups in total. The third-order valence-electron chi connectivity index (χ3n) is 3.58. The van der Waals surface area contributed by atoms with Crippen LogP contribution in [0.4, 0.5) is 0 Å². The van der Waals surface area contributed by atoms with Crippen molar-refractivity contribution in [2.75, 3.05) is 33.7 Å². The first-order valence-electron chi connectivity index (χ1n) is 7.82. The minimum Gasteiger partial charge on any atom is -0.354 e. The van der Waals surface area contributed by atoms with Crippen molar-refractivity contribution in [2.45, 2.75) is 45.7 Å². The smallest absolute Gasteiger partial charge is 0.243 e. The van der Waals surface area contributed by atoms with Crippen LogP contribution in [0.25, 0.3) is 0 Å². The number of likely N-dealkylation sites (tertiary alicyclic amines) is 1. The Morgan fingerprint density at radius 3 is 2.26 bits per heavy atom. The Morgan fingerprint density at radius 1 is 1.26 bits per heavy atom. The average molecular weight is 439 g/mol. The van der Waals surface area contributed by atoms with Gasteiger partial charge < -0.3 is 20.4 Å². The van der Waals surface area contributed by atoms with E-state index in [4.69, 9.17) is 0 Å². The van der Waals surface area contributed by atoms with E-state index in [2.05, 4.69) is 15.6 Å². The highest BCUT2D eigenvalue weighted by Gasteiger charge is 2.21. The molecule has 1 aliphatic heterocycles. The highest BCUT2D eigenvalue weighted by atomic mass is 127. The molecule has 0 aromatic heterocycles. The van der Waals surface area contributed by atoms with Crippen LogP contribution >= 0.6 is 24.0 Å². The van der Waals surface area contributed by atoms with Gasteiger partial charge in [0.15, 0.2) is 5.96 Å². The predicted octanol–water partition coefficient (Wildman–Crippen LogP) is 0.647. The molecule has 0 saturated carbocycles. The van der Waals surface area contributed by atoms with Gasteiger partial charge in [-0.3, -0.25) is 9.59 Å². The maximum atomic E-state index is 11.7. The number of piperidine rings is 1. The fourth-order valence-electron chi connectivity index (χ4n) is 2.23. The Bertz CT molecular complexity index is 418. The summed E-state index contributed by atoms with van der Waals surface area (Å²) in [6.45, 7) is 7.32. The molecule has 8 heteroatoms. The summed E-state index contributed by atoms with van der Waals surface area (Å²) in [5.41, 5.74) is 0. The summed E-state index contributed by atoms with van der Waals surface area (Å²) in [5.74, 6) is 0.756. The van der Waals surface area contributed by atoms with E-state index in [1.807, 2.05) is 18.7 Å². The van der Waals surface area contributed by atoms with Crippen LogP contribution in [0.3, 0.4) is 0 Å². The van der Waals surface area contributed by atoms with Crippen molar-refractivity contribution >= 4 is 41.8 Å². The van der Waals surface area contributed by atoms with Gasteiger partial charge in [-0.2, -0.15) is 0 Å². The molecule has 1 aliphatic rings. The SMILES string of the molecule is CC(=O)N1CCC(NC(=NCC(=O)N(C)C)NC(C)C)CC1.I. The first-order valence-corrected chi connectivity index (χ1v) is 7.82. The Hall–Kier alpha value is -1.06. The molecule has 0 atom stereocenters. The van der Waals surface area contributed by atoms with Crippen molar-refractivity contribution in [2.24, 2.45) is 4.99 Å². The lowest BCUT2D eigenvalue weighted by atomic mass is 10.1. The van der Waals surface area contributed by atoms with Gasteiger partial charge >= 0.3 is 0 Å². The van der Waals surface area contributed by atoms with Crippen LogP contribution in [0.2, 0.25) is 0 Å². The van der Waals surface area contributed by atoms with Crippen molar-refractivity contribution in [1.82, 2.24) is 20.4 Å². The predicted molar refractivity (Wildman–Crippen MR) is 103 cm³/mol. The molecule has 1 saturated heterocycles. The molecule has 0 bridgehead atoms. The van der Waals surface area contributed by atoms with E-state index in [0.717, 1.165) is 25.9 Å². The summed E-state index contributed by atoms with van der Waals surface area (Å²) >= 11 is 0. The molecule has 23 heavy (non-hydrogen) atoms. The minimum atomic E-state index is -0.0312. The second kappa shape index (κ2) is 10.7. The number of likely N-dealkylation sites (N-methyl/N-ethyl adjacent to an activating group) is 1. The summed E-state index contributed by atoms with van der Waals surface area (Å²) in [6, 6.07) is 0.507. The number of nitrogens with zero attached hydrogens (tertiary/aromatic N) is 3. The Balaban J connectivity index is 0.00000484. The molecular formula is C15H30IN5O2. The summed E-state index contributed by atoms with van der Waals surface area (Å²) < 4.78 is 0. The minimum absolute atomic E-state index is 0. The third kappa shape index (κ3) is 8.38. The highest BCUT2D eigenvalue weighted by molar-refractivity contribution is 14.0. The highest BCUT2D eigenvalue weighted by Crippen LogP contribution is 2.10. The Kier molecular flexibility index (Phi) is 10.2. The van der Waals surface area contributed by atoms with E-state index in [1.165, 1.54) is 4.90 Å². The van der Waals surface area contributed by atoms with Crippen LogP contribution in [0, 0.1) is 0 Å². The fraction of sp³-hybridized carbons (Fsp3) is 0.800. The topological polar surface area (TPSA) is 77.0 Å². The normalized spacial score (nSPS) is 15.9. The van der Waals surface area contributed by atoms with E-state index in [1.54, 1.807) is 21.0 Å². The van der Waals surface area contributed by atoms with Gasteiger partial charge in [0.05, 0.1) is 0 Å². The van der Waals surface area contributed by atoms with Crippen molar-refractivity contribution < 1.29 is 9.59 Å². The largest absolute Gasteiger partial charge is 0.354 e. The molecule has 1 rings (SSSR count). The monoisotopic (exact) mass is 439 g/mol. The van der Waals surface area contributed by atoms with E-state index < -0.39 is 0 Å². The van der Waals surface area contributed by atoms with E-state index in [0.29, 0.717) is 5.96 Å². The van der Waals surface area contributed by atoms with Crippen molar-refractivity contribution in [3.63, 3.8) is 0 Å². The van der Waals surface area contributed by atoms with Crippen LogP contribution < -0.4 is 10.6 Å². The summed E-state index contributed by atoms with van der Waals surface area (Å²) in [5, 5.41) is 6.61. The number of hydrogen-bond acceptors (Lipinski definition) is 3. The summed E-state index contributed by atoms with van der Waals surface area (Å²) in [7, 11) is 3.44. The molecule has 1 fully saturated rings. The zero-order valence-electron chi connectivity index (χ0n) is 14.8. The lowest BCUT2D eigenvalue weighted by Crippen LogP contribution is -2.51. The van der Waals surface area contributed by atoms with Gasteiger partial charge in [-0.05, 0) is 26.7 Å². The van der Waals surface area contributed by atoms with Crippen LogP contribution in [0.5, 0.6) is 0 Å². The lowest BCUT2D eigenvalue weighted by molar-refractivity contribution is -0.130. The molecule has 0 aromatic rings. The van der Waals surface area contributed by atoms with Gasteiger partial charge in [0, 0.05) is 46.2 Å². The summed E-state index contributed by atoms with van der Waals surface area (Å²) in [4.78, 5) is 30.8. The molecule has 0 unspecified atom stereocenters. The lowest BCUT2D eigenvalue weighted by Gasteiger charge is -2.32. The third-order valence-corrected chi connectivity index (χ3v) is 3.58. The number of guanidine groups is 1. The van der Waals surface area contributed by atoms with Gasteiger partial charge in [0.1, 0.15) is 6.54 Å². The molecule has 2 amide bonds. The van der Waals surface area contributed by atoms with Gasteiger partial charge in [0.2, 0.25) is 11.8 Å². The first-order chi connectivity index (χ1) is 10.3. The van der Waals surface area contributed by atoms with E-state index >= 15 is 0 Å². The quantitative estimate of drug-likeness (QED) is 0.383. The molecule has 0 aliphatic carbocycles. The van der Waals surface area contributed by atoms with Crippen molar-refractivity contribution in [3.8, 4) is 0 Å². The van der Waals surface area contributed by atoms with Crippen molar-refractivity contribution in [3.05, 3.63) is 0 Å². The van der Waals surface area contributed by atoms with Gasteiger partial charge in [0.25, 0.3) is 0 Å². The van der Waals surface area contributed by atoms with Gasteiger partial charge in [-0.25, -0.2) is 4.99 Å². The second-order valence-electron chi connectivity index (χ2n) is 6.18. The molecular weight excluding hydrogens is 409 g/mol. The molecule has 134 valence electrons. The first kappa shape index (κ1) is 21.9.